The quantitative estimate of drug-likeness (QED) is 0.707. The van der Waals surface area contributed by atoms with Crippen molar-refractivity contribution in [1.29, 1.82) is 0 Å². The van der Waals surface area contributed by atoms with Gasteiger partial charge in [0.2, 0.25) is 0 Å². The van der Waals surface area contributed by atoms with Gasteiger partial charge < -0.3 is 15.2 Å². The zero-order valence-electron chi connectivity index (χ0n) is 9.17. The summed E-state index contributed by atoms with van der Waals surface area (Å²) in [7, 11) is 1.19. The van der Waals surface area contributed by atoms with Crippen LogP contribution in [-0.4, -0.2) is 29.8 Å². The number of carbonyl (C=O) groups excluding carboxylic acids is 1. The van der Waals surface area contributed by atoms with Crippen LogP contribution >= 0.6 is 0 Å². The molecule has 0 saturated heterocycles. The molecular formula is C9H17NO4. The van der Waals surface area contributed by atoms with Gasteiger partial charge in [-0.05, 0) is 12.3 Å². The van der Waals surface area contributed by atoms with Gasteiger partial charge in [-0.15, -0.1) is 0 Å². The molecule has 0 aliphatic carbocycles. The molecule has 0 fully saturated rings. The lowest BCUT2D eigenvalue weighted by atomic mass is 9.75. The third-order valence-electron chi connectivity index (χ3n) is 2.47. The Morgan fingerprint density at radius 3 is 1.86 bits per heavy atom. The van der Waals surface area contributed by atoms with E-state index < -0.39 is 23.0 Å². The standard InChI is InChI=1S/C9H17NO4/c1-8(2,3)9(4,6(11)12)10-7(13)14-5/h1-5H3,(H,10,13)(H,11,12). The average Bonchev–Trinajstić information content (AvgIpc) is 2.01. The Balaban J connectivity index is 4.93. The van der Waals surface area contributed by atoms with Crippen LogP contribution in [0.25, 0.3) is 0 Å². The molecule has 1 unspecified atom stereocenters. The number of carbonyl (C=O) groups is 2. The summed E-state index contributed by atoms with van der Waals surface area (Å²) in [4.78, 5) is 22.0. The van der Waals surface area contributed by atoms with Crippen LogP contribution in [0.15, 0.2) is 0 Å². The first-order valence-corrected chi connectivity index (χ1v) is 4.24. The summed E-state index contributed by atoms with van der Waals surface area (Å²) in [5.74, 6) is -1.09. The maximum absolute atomic E-state index is 11.0. The van der Waals surface area contributed by atoms with Gasteiger partial charge in [-0.3, -0.25) is 0 Å². The minimum atomic E-state index is -1.35. The Morgan fingerprint density at radius 1 is 1.21 bits per heavy atom. The third kappa shape index (κ3) is 2.37. The van der Waals surface area contributed by atoms with Gasteiger partial charge in [-0.25, -0.2) is 9.59 Å². The molecule has 1 atom stereocenters. The van der Waals surface area contributed by atoms with Crippen molar-refractivity contribution in [1.82, 2.24) is 5.32 Å². The number of carboxylic acids is 1. The van der Waals surface area contributed by atoms with E-state index in [1.54, 1.807) is 20.8 Å². The molecule has 0 aromatic rings. The number of amides is 1. The van der Waals surface area contributed by atoms with E-state index in [1.165, 1.54) is 14.0 Å². The van der Waals surface area contributed by atoms with Gasteiger partial charge >= 0.3 is 12.1 Å². The molecule has 14 heavy (non-hydrogen) atoms. The highest BCUT2D eigenvalue weighted by Gasteiger charge is 2.46. The molecule has 2 N–H and O–H groups in total. The van der Waals surface area contributed by atoms with E-state index in [0.717, 1.165) is 0 Å². The number of methoxy groups -OCH3 is 1. The Labute approximate surface area is 83.4 Å². The number of ether oxygens (including phenoxy) is 1. The molecule has 0 radical (unpaired) electrons. The van der Waals surface area contributed by atoms with E-state index in [1.807, 2.05) is 0 Å². The van der Waals surface area contributed by atoms with Crippen molar-refractivity contribution in [2.24, 2.45) is 5.41 Å². The van der Waals surface area contributed by atoms with Crippen molar-refractivity contribution < 1.29 is 19.4 Å². The summed E-state index contributed by atoms with van der Waals surface area (Å²) in [6, 6.07) is 0. The summed E-state index contributed by atoms with van der Waals surface area (Å²) < 4.78 is 4.38. The number of nitrogens with one attached hydrogen (secondary N) is 1. The van der Waals surface area contributed by atoms with Gasteiger partial charge in [0.25, 0.3) is 0 Å². The predicted molar refractivity (Wildman–Crippen MR) is 51.0 cm³/mol. The fourth-order valence-corrected chi connectivity index (χ4v) is 0.817. The largest absolute Gasteiger partial charge is 0.479 e. The second-order valence-electron chi connectivity index (χ2n) is 4.30. The Bertz CT molecular complexity index is 244. The number of hydrogen-bond acceptors (Lipinski definition) is 3. The van der Waals surface area contributed by atoms with E-state index in [9.17, 15) is 9.59 Å². The van der Waals surface area contributed by atoms with Crippen molar-refractivity contribution in [3.8, 4) is 0 Å². The molecule has 0 heterocycles. The first kappa shape index (κ1) is 12.7. The van der Waals surface area contributed by atoms with E-state index >= 15 is 0 Å². The number of aliphatic carboxylic acids is 1. The van der Waals surface area contributed by atoms with Crippen LogP contribution in [0.5, 0.6) is 0 Å². The van der Waals surface area contributed by atoms with Crippen molar-refractivity contribution in [3.63, 3.8) is 0 Å². The van der Waals surface area contributed by atoms with E-state index in [4.69, 9.17) is 5.11 Å². The maximum atomic E-state index is 11.0. The normalized spacial score (nSPS) is 15.5. The van der Waals surface area contributed by atoms with Crippen LogP contribution in [0.1, 0.15) is 27.7 Å². The molecule has 5 nitrogen and oxygen atoms in total. The Morgan fingerprint density at radius 2 is 1.64 bits per heavy atom. The van der Waals surface area contributed by atoms with Gasteiger partial charge in [0.15, 0.2) is 0 Å². The lowest BCUT2D eigenvalue weighted by Crippen LogP contribution is -2.60. The SMILES string of the molecule is COC(=O)NC(C)(C(=O)O)C(C)(C)C. The van der Waals surface area contributed by atoms with Crippen LogP contribution in [-0.2, 0) is 9.53 Å². The van der Waals surface area contributed by atoms with Gasteiger partial charge in [-0.2, -0.15) is 0 Å². The summed E-state index contributed by atoms with van der Waals surface area (Å²) in [5.41, 5.74) is -1.95. The van der Waals surface area contributed by atoms with Crippen molar-refractivity contribution >= 4 is 12.1 Å². The fourth-order valence-electron chi connectivity index (χ4n) is 0.817. The first-order valence-electron chi connectivity index (χ1n) is 4.24. The summed E-state index contributed by atoms with van der Waals surface area (Å²) in [6.45, 7) is 6.65. The van der Waals surface area contributed by atoms with Gasteiger partial charge in [-0.1, -0.05) is 20.8 Å². The Hall–Kier alpha value is -1.26. The van der Waals surface area contributed by atoms with Gasteiger partial charge in [0, 0.05) is 0 Å². The van der Waals surface area contributed by atoms with Crippen molar-refractivity contribution in [2.75, 3.05) is 7.11 Å². The second kappa shape index (κ2) is 3.86. The second-order valence-corrected chi connectivity index (χ2v) is 4.30. The molecule has 0 spiro atoms. The summed E-state index contributed by atoms with van der Waals surface area (Å²) in [5, 5.41) is 11.4. The number of rotatable bonds is 2. The highest BCUT2D eigenvalue weighted by Crippen LogP contribution is 2.30. The van der Waals surface area contributed by atoms with E-state index in [0.29, 0.717) is 0 Å². The van der Waals surface area contributed by atoms with Crippen LogP contribution in [0.3, 0.4) is 0 Å². The topological polar surface area (TPSA) is 75.6 Å². The highest BCUT2D eigenvalue weighted by atomic mass is 16.5. The molecule has 0 rings (SSSR count). The molecule has 82 valence electrons. The Kier molecular flexibility index (Phi) is 3.51. The molecular weight excluding hydrogens is 186 g/mol. The molecule has 0 aromatic carbocycles. The van der Waals surface area contributed by atoms with Crippen LogP contribution in [0, 0.1) is 5.41 Å². The monoisotopic (exact) mass is 203 g/mol. The summed E-state index contributed by atoms with van der Waals surface area (Å²) >= 11 is 0. The average molecular weight is 203 g/mol. The molecule has 0 aliphatic rings. The molecule has 0 saturated carbocycles. The molecule has 0 bridgehead atoms. The van der Waals surface area contributed by atoms with Crippen LogP contribution in [0.4, 0.5) is 4.79 Å². The van der Waals surface area contributed by atoms with Crippen molar-refractivity contribution in [3.05, 3.63) is 0 Å². The number of carboxylic acid groups (broad SMARTS) is 1. The minimum absolute atomic E-state index is 0.604. The zero-order chi connectivity index (χ0) is 11.6. The maximum Gasteiger partial charge on any atom is 0.407 e. The van der Waals surface area contributed by atoms with Crippen molar-refractivity contribution in [2.45, 2.75) is 33.2 Å². The lowest BCUT2D eigenvalue weighted by Gasteiger charge is -2.37. The zero-order valence-corrected chi connectivity index (χ0v) is 9.17. The number of hydrogen-bond donors (Lipinski definition) is 2. The smallest absolute Gasteiger partial charge is 0.407 e. The van der Waals surface area contributed by atoms with Gasteiger partial charge in [0.05, 0.1) is 7.11 Å². The lowest BCUT2D eigenvalue weighted by molar-refractivity contribution is -0.148. The molecule has 1 amide bonds. The third-order valence-corrected chi connectivity index (χ3v) is 2.47. The van der Waals surface area contributed by atoms with Crippen LogP contribution < -0.4 is 5.32 Å². The fraction of sp³-hybridized carbons (Fsp3) is 0.778. The first-order chi connectivity index (χ1) is 6.15. The van der Waals surface area contributed by atoms with Gasteiger partial charge in [0.1, 0.15) is 5.54 Å². The van der Waals surface area contributed by atoms with E-state index in [2.05, 4.69) is 10.1 Å². The predicted octanol–water partition coefficient (Wildman–Crippen LogP) is 1.23. The van der Waals surface area contributed by atoms with Crippen LogP contribution in [0.2, 0.25) is 0 Å². The molecule has 0 aliphatic heterocycles. The minimum Gasteiger partial charge on any atom is -0.479 e. The molecule has 0 aromatic heterocycles. The molecule has 5 heteroatoms. The highest BCUT2D eigenvalue weighted by molar-refractivity contribution is 5.84. The summed E-state index contributed by atoms with van der Waals surface area (Å²) in [6.07, 6.45) is -0.746. The number of alkyl carbamates (subject to hydrolysis) is 1. The van der Waals surface area contributed by atoms with E-state index in [-0.39, 0.29) is 0 Å².